The molecule has 10 nitrogen and oxygen atoms in total. The number of hydrogen-bond donors (Lipinski definition) is 4. The number of aromatic amines is 1. The molecule has 160 valence electrons. The molecule has 4 aromatic rings. The van der Waals surface area contributed by atoms with Crippen LogP contribution < -0.4 is 10.3 Å². The average molecular weight is 442 g/mol. The molecule has 5 N–H and O–H groups in total. The third kappa shape index (κ3) is 5.44. The first-order valence-electron chi connectivity index (χ1n) is 9.37. The van der Waals surface area contributed by atoms with Gasteiger partial charge in [0.15, 0.2) is 5.76 Å². The van der Waals surface area contributed by atoms with Crippen LogP contribution in [0.1, 0.15) is 22.4 Å². The molecule has 0 aliphatic carbocycles. The van der Waals surface area contributed by atoms with Crippen LogP contribution in [0.2, 0.25) is 0 Å². The average Bonchev–Trinajstić information content (AvgIpc) is 3.40. The third-order valence-corrected chi connectivity index (χ3v) is 5.13. The number of hydrogen-bond acceptors (Lipinski definition) is 6. The Kier molecular flexibility index (Phi) is 5.97. The van der Waals surface area contributed by atoms with Crippen molar-refractivity contribution in [3.05, 3.63) is 83.4 Å². The van der Waals surface area contributed by atoms with Gasteiger partial charge in [-0.1, -0.05) is 29.4 Å². The van der Waals surface area contributed by atoms with Crippen molar-refractivity contribution in [1.29, 1.82) is 0 Å². The molecule has 3 heterocycles. The predicted octanol–water partition coefficient (Wildman–Crippen LogP) is 2.18. The van der Waals surface area contributed by atoms with Crippen LogP contribution in [0.5, 0.6) is 0 Å². The molecule has 0 amide bonds. The number of phosphoric ester groups is 1. The van der Waals surface area contributed by atoms with Crippen molar-refractivity contribution in [3.8, 4) is 11.3 Å². The second-order valence-corrected chi connectivity index (χ2v) is 8.22. The van der Waals surface area contributed by atoms with Crippen LogP contribution in [-0.2, 0) is 28.7 Å². The van der Waals surface area contributed by atoms with Gasteiger partial charge in [-0.2, -0.15) is 5.10 Å². The maximum atomic E-state index is 10.9. The molecule has 0 fully saturated rings. The van der Waals surface area contributed by atoms with E-state index in [2.05, 4.69) is 32.0 Å². The minimum absolute atomic E-state index is 0.238. The first-order chi connectivity index (χ1) is 14.9. The summed E-state index contributed by atoms with van der Waals surface area (Å²) in [5, 5.41) is 10.9. The normalized spacial score (nSPS) is 11.7. The van der Waals surface area contributed by atoms with E-state index in [-0.39, 0.29) is 5.82 Å². The number of phosphoric acid groups is 1. The maximum Gasteiger partial charge on any atom is 0.472 e. The summed E-state index contributed by atoms with van der Waals surface area (Å²) in [5.41, 5.74) is 10.8. The Labute approximate surface area is 177 Å². The van der Waals surface area contributed by atoms with Gasteiger partial charge in [-0.3, -0.25) is 10.8 Å². The lowest BCUT2D eigenvalue weighted by atomic mass is 10.0. The Morgan fingerprint density at radius 2 is 1.87 bits per heavy atom. The van der Waals surface area contributed by atoms with Crippen molar-refractivity contribution in [2.45, 2.75) is 19.6 Å². The van der Waals surface area contributed by atoms with Crippen LogP contribution in [0, 0.1) is 0 Å². The van der Waals surface area contributed by atoms with Crippen LogP contribution in [0.25, 0.3) is 11.3 Å². The number of rotatable bonds is 8. The summed E-state index contributed by atoms with van der Waals surface area (Å²) >= 11 is 0. The van der Waals surface area contributed by atoms with E-state index in [9.17, 15) is 4.57 Å². The van der Waals surface area contributed by atoms with E-state index in [1.54, 1.807) is 24.4 Å². The molecule has 0 bridgehead atoms. The fraction of sp³-hybridized carbons (Fsp3) is 0.150. The number of anilines is 1. The Hall–Kier alpha value is -3.30. The van der Waals surface area contributed by atoms with Gasteiger partial charge in [0, 0.05) is 25.1 Å². The molecule has 0 atom stereocenters. The quantitative estimate of drug-likeness (QED) is 0.239. The fourth-order valence-electron chi connectivity index (χ4n) is 3.14. The highest BCUT2D eigenvalue weighted by Gasteiger charge is 2.20. The molecule has 0 aliphatic rings. The summed E-state index contributed by atoms with van der Waals surface area (Å²) in [6, 6.07) is 13.4. The third-order valence-electron chi connectivity index (χ3n) is 4.68. The molecule has 0 aliphatic heterocycles. The minimum Gasteiger partial charge on any atom is -0.356 e. The zero-order valence-electron chi connectivity index (χ0n) is 16.4. The molecule has 0 radical (unpaired) electrons. The van der Waals surface area contributed by atoms with Crippen molar-refractivity contribution < 1.29 is 28.0 Å². The van der Waals surface area contributed by atoms with Crippen LogP contribution in [0.4, 0.5) is 5.82 Å². The summed E-state index contributed by atoms with van der Waals surface area (Å²) in [7, 11) is -4.61. The van der Waals surface area contributed by atoms with Crippen LogP contribution in [0.15, 0.2) is 65.6 Å². The predicted molar refractivity (Wildman–Crippen MR) is 110 cm³/mol. The molecule has 1 aromatic carbocycles. The number of nitrogens with two attached hydrogens (primary N) is 1. The smallest absolute Gasteiger partial charge is 0.356 e. The fourth-order valence-corrected chi connectivity index (χ4v) is 3.41. The summed E-state index contributed by atoms with van der Waals surface area (Å²) < 4.78 is 22.3. The minimum atomic E-state index is -4.61. The zero-order valence-corrected chi connectivity index (χ0v) is 17.3. The van der Waals surface area contributed by atoms with E-state index in [4.69, 9.17) is 20.0 Å². The molecule has 31 heavy (non-hydrogen) atoms. The monoisotopic (exact) mass is 442 g/mol. The number of pyridine rings is 1. The summed E-state index contributed by atoms with van der Waals surface area (Å²) in [4.78, 5) is 17.8. The highest BCUT2D eigenvalue weighted by Crippen LogP contribution is 2.35. The topological polar surface area (TPSA) is 151 Å². The summed E-state index contributed by atoms with van der Waals surface area (Å²) in [6.45, 7) is -0.393. The van der Waals surface area contributed by atoms with Crippen molar-refractivity contribution in [2.24, 2.45) is 0 Å². The molecular formula is C20H21N5O5P+. The second-order valence-electron chi connectivity index (χ2n) is 6.98. The molecule has 0 saturated heterocycles. The van der Waals surface area contributed by atoms with Gasteiger partial charge >= 0.3 is 7.82 Å². The zero-order chi connectivity index (χ0) is 21.8. The maximum absolute atomic E-state index is 10.9. The molecule has 0 unspecified atom stereocenters. The molecular weight excluding hydrogens is 421 g/mol. The summed E-state index contributed by atoms with van der Waals surface area (Å²) in [5.74, 6) is 0.692. The molecule has 0 saturated carbocycles. The van der Waals surface area contributed by atoms with Crippen molar-refractivity contribution in [3.63, 3.8) is 0 Å². The lowest BCUT2D eigenvalue weighted by Gasteiger charge is -2.07. The van der Waals surface area contributed by atoms with Gasteiger partial charge in [0.25, 0.3) is 5.82 Å². The Bertz CT molecular complexity index is 1200. The van der Waals surface area contributed by atoms with Crippen LogP contribution in [-0.4, -0.2) is 25.1 Å². The molecule has 3 aromatic heterocycles. The highest BCUT2D eigenvalue weighted by molar-refractivity contribution is 7.46. The number of benzene rings is 1. The van der Waals surface area contributed by atoms with Gasteiger partial charge in [0.05, 0.1) is 18.1 Å². The van der Waals surface area contributed by atoms with E-state index in [0.717, 1.165) is 23.2 Å². The van der Waals surface area contributed by atoms with Gasteiger partial charge < -0.3 is 14.3 Å². The Morgan fingerprint density at radius 3 is 2.55 bits per heavy atom. The first kappa shape index (κ1) is 21.0. The molecule has 11 heteroatoms. The van der Waals surface area contributed by atoms with Crippen molar-refractivity contribution in [1.82, 2.24) is 15.4 Å². The van der Waals surface area contributed by atoms with Gasteiger partial charge in [0.2, 0.25) is 6.73 Å². The lowest BCUT2D eigenvalue weighted by Crippen LogP contribution is -2.38. The van der Waals surface area contributed by atoms with E-state index in [0.29, 0.717) is 17.7 Å². The van der Waals surface area contributed by atoms with Gasteiger partial charge in [-0.15, -0.1) is 0 Å². The van der Waals surface area contributed by atoms with E-state index in [1.165, 1.54) is 10.1 Å². The van der Waals surface area contributed by atoms with Gasteiger partial charge in [-0.25, -0.2) is 13.7 Å². The second kappa shape index (κ2) is 8.83. The van der Waals surface area contributed by atoms with E-state index < -0.39 is 14.6 Å². The largest absolute Gasteiger partial charge is 0.472 e. The van der Waals surface area contributed by atoms with E-state index >= 15 is 0 Å². The van der Waals surface area contributed by atoms with Crippen molar-refractivity contribution >= 4 is 13.6 Å². The van der Waals surface area contributed by atoms with Crippen LogP contribution >= 0.6 is 7.82 Å². The van der Waals surface area contributed by atoms with Gasteiger partial charge in [-0.05, 0) is 28.8 Å². The standard InChI is InChI=1S/C20H20N5O5P/c21-20-18(2-1-7-25(20)13-29-31(26,27)28)19-10-17(24-30-19)9-15-5-3-14(4-6-15)8-16-11-22-23-12-16/h1-7,10-12,21H,8-9,13H2,(H3,22,23,26,27,28)/p+1. The van der Waals surface area contributed by atoms with Crippen LogP contribution in [0.3, 0.4) is 0 Å². The number of aromatic nitrogens is 4. The highest BCUT2D eigenvalue weighted by atomic mass is 31.2. The Morgan fingerprint density at radius 1 is 1.13 bits per heavy atom. The van der Waals surface area contributed by atoms with Crippen molar-refractivity contribution in [2.75, 3.05) is 5.73 Å². The molecule has 0 spiro atoms. The summed E-state index contributed by atoms with van der Waals surface area (Å²) in [6.07, 6.45) is 6.63. The number of nitrogens with one attached hydrogen (secondary N) is 1. The number of nitrogen functional groups attached to an aromatic ring is 1. The Balaban J connectivity index is 1.45. The van der Waals surface area contributed by atoms with E-state index in [1.807, 2.05) is 24.5 Å². The van der Waals surface area contributed by atoms with Gasteiger partial charge in [0.1, 0.15) is 5.56 Å². The molecule has 4 rings (SSSR count). The lowest BCUT2D eigenvalue weighted by molar-refractivity contribution is -0.711. The number of H-pyrrole nitrogens is 1. The SMILES string of the molecule is Nc1c(-c2cc(Cc3ccc(Cc4cn[nH]c4)cc3)no2)ccc[n+]1COP(=O)(O)O. The number of nitrogens with zero attached hydrogens (tertiary/aromatic N) is 3. The first-order valence-corrected chi connectivity index (χ1v) is 10.9.